The molecule has 2 N–H and O–H groups in total. The first kappa shape index (κ1) is 16.3. The summed E-state index contributed by atoms with van der Waals surface area (Å²) in [5.41, 5.74) is 1.20. The Hall–Kier alpha value is -0.112. The van der Waals surface area contributed by atoms with E-state index in [0.29, 0.717) is 0 Å². The van der Waals surface area contributed by atoms with Crippen molar-refractivity contribution in [2.75, 3.05) is 0 Å². The Morgan fingerprint density at radius 3 is 2.30 bits per heavy atom. The smallest absolute Gasteiger partial charge is 0.401 e. The van der Waals surface area contributed by atoms with Gasteiger partial charge in [-0.15, -0.1) is 0 Å². The summed E-state index contributed by atoms with van der Waals surface area (Å²) in [6, 6.07) is 11.0. The molecule has 1 aromatic carbocycles. The van der Waals surface area contributed by atoms with Crippen LogP contribution in [-0.2, 0) is 22.5 Å². The summed E-state index contributed by atoms with van der Waals surface area (Å²) in [5.74, 6) is 0. The van der Waals surface area contributed by atoms with Gasteiger partial charge < -0.3 is 21.9 Å². The van der Waals surface area contributed by atoms with Gasteiger partial charge in [0.05, 0.1) is 0 Å². The summed E-state index contributed by atoms with van der Waals surface area (Å²) in [5, 5.41) is 6.22. The molecule has 20 heavy (non-hydrogen) atoms. The van der Waals surface area contributed by atoms with E-state index in [9.17, 15) is 0 Å². The van der Waals surface area contributed by atoms with E-state index >= 15 is 0 Å². The van der Waals surface area contributed by atoms with Gasteiger partial charge in [-0.2, -0.15) is 0 Å². The maximum atomic E-state index is 6.22. The van der Waals surface area contributed by atoms with Crippen molar-refractivity contribution in [3.8, 4) is 0 Å². The average molecular weight is 344 g/mol. The molecule has 2 radical (unpaired) electrons. The van der Waals surface area contributed by atoms with Crippen molar-refractivity contribution >= 4 is 35.9 Å². The van der Waals surface area contributed by atoms with E-state index in [0.717, 1.165) is 6.04 Å². The van der Waals surface area contributed by atoms with E-state index in [1.165, 1.54) is 5.56 Å². The van der Waals surface area contributed by atoms with Crippen molar-refractivity contribution in [1.29, 1.82) is 0 Å². The maximum absolute atomic E-state index is 6.22. The summed E-state index contributed by atoms with van der Waals surface area (Å²) in [6.45, 7) is 7.83. The number of rotatable bonds is 2. The van der Waals surface area contributed by atoms with E-state index in [2.05, 4.69) is 12.1 Å². The second kappa shape index (κ2) is 6.33. The van der Waals surface area contributed by atoms with Gasteiger partial charge in [-0.05, 0) is 31.8 Å². The van der Waals surface area contributed by atoms with Crippen molar-refractivity contribution in [3.05, 3.63) is 35.9 Å². The number of nitrogens with two attached hydrogens (primary N) is 1. The SMILES string of the molecule is C[Si]1O[Si](C)O[Si](C)(Cc2ccccc2)O[Si](C)(N)O1. The molecule has 9 heteroatoms. The third-order valence-corrected chi connectivity index (χ3v) is 15.1. The first-order valence-electron chi connectivity index (χ1n) is 6.54. The lowest BCUT2D eigenvalue weighted by molar-refractivity contribution is 0.256. The molecule has 0 aromatic heterocycles. The van der Waals surface area contributed by atoms with Crippen LogP contribution in [0, 0.1) is 0 Å². The van der Waals surface area contributed by atoms with E-state index in [4.69, 9.17) is 21.9 Å². The zero-order chi connectivity index (χ0) is 14.8. The number of hydrogen-bond acceptors (Lipinski definition) is 5. The molecule has 0 saturated carbocycles. The molecule has 0 aliphatic carbocycles. The lowest BCUT2D eigenvalue weighted by Gasteiger charge is -2.39. The minimum absolute atomic E-state index is 0.758. The summed E-state index contributed by atoms with van der Waals surface area (Å²) < 4.78 is 24.0. The van der Waals surface area contributed by atoms with Gasteiger partial charge in [0, 0.05) is 6.04 Å². The fourth-order valence-corrected chi connectivity index (χ4v) is 15.8. The topological polar surface area (TPSA) is 62.9 Å². The van der Waals surface area contributed by atoms with Crippen LogP contribution >= 0.6 is 0 Å². The monoisotopic (exact) mass is 343 g/mol. The Morgan fingerprint density at radius 1 is 1.05 bits per heavy atom. The summed E-state index contributed by atoms with van der Waals surface area (Å²) in [7, 11) is -7.85. The molecule has 2 unspecified atom stereocenters. The molecular formula is C11H21NO4Si4. The Morgan fingerprint density at radius 2 is 1.65 bits per heavy atom. The summed E-state index contributed by atoms with van der Waals surface area (Å²) in [6.07, 6.45) is 0. The molecule has 1 fully saturated rings. The minimum atomic E-state index is -2.68. The van der Waals surface area contributed by atoms with Crippen LogP contribution in [0.3, 0.4) is 0 Å². The molecule has 0 spiro atoms. The van der Waals surface area contributed by atoms with Crippen molar-refractivity contribution in [1.82, 2.24) is 0 Å². The van der Waals surface area contributed by atoms with Gasteiger partial charge in [-0.3, -0.25) is 0 Å². The number of hydrogen-bond donors (Lipinski definition) is 1. The summed E-state index contributed by atoms with van der Waals surface area (Å²) >= 11 is 0. The van der Waals surface area contributed by atoms with Crippen LogP contribution in [-0.4, -0.2) is 35.9 Å². The minimum Gasteiger partial charge on any atom is -0.415 e. The highest BCUT2D eigenvalue weighted by Crippen LogP contribution is 2.23. The van der Waals surface area contributed by atoms with E-state index in [-0.39, 0.29) is 0 Å². The van der Waals surface area contributed by atoms with Crippen LogP contribution in [0.15, 0.2) is 30.3 Å². The zero-order valence-electron chi connectivity index (χ0n) is 12.3. The Bertz CT molecular complexity index is 449. The Kier molecular flexibility index (Phi) is 5.15. The maximum Gasteiger partial charge on any atom is 0.401 e. The van der Waals surface area contributed by atoms with Gasteiger partial charge in [0.15, 0.2) is 0 Å². The molecule has 2 rings (SSSR count). The highest BCUT2D eigenvalue weighted by atomic mass is 28.5. The third kappa shape index (κ3) is 4.72. The van der Waals surface area contributed by atoms with Crippen molar-refractivity contribution in [2.45, 2.75) is 32.2 Å². The van der Waals surface area contributed by atoms with Crippen LogP contribution in [0.25, 0.3) is 0 Å². The second-order valence-electron chi connectivity index (χ2n) is 5.20. The van der Waals surface area contributed by atoms with E-state index in [1.54, 1.807) is 0 Å². The first-order valence-corrected chi connectivity index (χ1v) is 15.1. The van der Waals surface area contributed by atoms with Crippen molar-refractivity contribution < 1.29 is 16.5 Å². The zero-order valence-corrected chi connectivity index (χ0v) is 16.3. The molecule has 1 aromatic rings. The fourth-order valence-electron chi connectivity index (χ4n) is 2.34. The molecule has 1 saturated heterocycles. The van der Waals surface area contributed by atoms with Gasteiger partial charge in [-0.1, -0.05) is 30.3 Å². The molecule has 1 aliphatic heterocycles. The third-order valence-electron chi connectivity index (χ3n) is 2.78. The molecule has 0 amide bonds. The van der Waals surface area contributed by atoms with Gasteiger partial charge >= 0.3 is 35.9 Å². The van der Waals surface area contributed by atoms with Crippen LogP contribution < -0.4 is 5.40 Å². The molecule has 0 bridgehead atoms. The van der Waals surface area contributed by atoms with Gasteiger partial charge in [-0.25, -0.2) is 0 Å². The van der Waals surface area contributed by atoms with E-state index in [1.807, 2.05) is 44.4 Å². The average Bonchev–Trinajstić information content (AvgIpc) is 2.25. The fraction of sp³-hybridized carbons (Fsp3) is 0.455. The van der Waals surface area contributed by atoms with Gasteiger partial charge in [0.25, 0.3) is 0 Å². The molecular weight excluding hydrogens is 322 g/mol. The van der Waals surface area contributed by atoms with Gasteiger partial charge in [0.2, 0.25) is 0 Å². The molecule has 110 valence electrons. The number of benzene rings is 1. The van der Waals surface area contributed by atoms with Crippen LogP contribution in [0.5, 0.6) is 0 Å². The highest BCUT2D eigenvalue weighted by molar-refractivity contribution is 6.85. The Labute approximate surface area is 126 Å². The standard InChI is InChI=1S/C11H21NO4Si4/c1-17-13-18(2)15-20(4,12)16-19(3,14-17)10-11-8-6-5-7-9-11/h5-9H,10,12H2,1-4H3. The molecule has 1 aliphatic rings. The second-order valence-corrected chi connectivity index (χ2v) is 15.1. The van der Waals surface area contributed by atoms with Gasteiger partial charge in [0.1, 0.15) is 0 Å². The van der Waals surface area contributed by atoms with Crippen molar-refractivity contribution in [2.24, 2.45) is 5.40 Å². The highest BCUT2D eigenvalue weighted by Gasteiger charge is 2.46. The molecule has 1 heterocycles. The van der Waals surface area contributed by atoms with Crippen LogP contribution in [0.4, 0.5) is 0 Å². The lowest BCUT2D eigenvalue weighted by Crippen LogP contribution is -2.64. The normalized spacial score (nSPS) is 33.6. The molecule has 2 atom stereocenters. The largest absolute Gasteiger partial charge is 0.415 e. The lowest BCUT2D eigenvalue weighted by atomic mass is 10.2. The summed E-state index contributed by atoms with van der Waals surface area (Å²) in [4.78, 5) is 0. The van der Waals surface area contributed by atoms with Crippen LogP contribution in [0.1, 0.15) is 5.56 Å². The van der Waals surface area contributed by atoms with Crippen LogP contribution in [0.2, 0.25) is 26.2 Å². The Balaban J connectivity index is 2.18. The quantitative estimate of drug-likeness (QED) is 0.828. The van der Waals surface area contributed by atoms with Crippen molar-refractivity contribution in [3.63, 3.8) is 0 Å². The van der Waals surface area contributed by atoms with E-state index < -0.39 is 35.9 Å². The molecule has 5 nitrogen and oxygen atoms in total. The predicted octanol–water partition coefficient (Wildman–Crippen LogP) is 1.68. The predicted molar refractivity (Wildman–Crippen MR) is 85.1 cm³/mol. The first-order chi connectivity index (χ1) is 9.28.